The van der Waals surface area contributed by atoms with Gasteiger partial charge in [-0.25, -0.2) is 0 Å². The van der Waals surface area contributed by atoms with Crippen molar-refractivity contribution in [2.45, 2.75) is 26.2 Å². The lowest BCUT2D eigenvalue weighted by Gasteiger charge is -2.07. The van der Waals surface area contributed by atoms with Crippen LogP contribution in [-0.4, -0.2) is 31.6 Å². The van der Waals surface area contributed by atoms with Gasteiger partial charge in [-0.2, -0.15) is 0 Å². The van der Waals surface area contributed by atoms with Crippen molar-refractivity contribution in [1.29, 1.82) is 0 Å². The van der Waals surface area contributed by atoms with Crippen molar-refractivity contribution in [2.75, 3.05) is 13.2 Å². The van der Waals surface area contributed by atoms with Crippen LogP contribution in [0.4, 0.5) is 0 Å². The maximum absolute atomic E-state index is 10.5. The highest BCUT2D eigenvalue weighted by molar-refractivity contribution is 5.65. The normalized spacial score (nSPS) is 28.2. The highest BCUT2D eigenvalue weighted by Gasteiger charge is 2.24. The molecule has 0 spiro atoms. The standard InChI is InChI=1S/C9H14O4/c1-3-4-9-12-6-8(13-9)5-11-7(2)10/h3-4,8-9H,5-6H2,1-2H3/b4-3-/t8-,9-/m0/s1. The average Bonchev–Trinajstić information content (AvgIpc) is 2.50. The van der Waals surface area contributed by atoms with Crippen molar-refractivity contribution in [2.24, 2.45) is 0 Å². The average molecular weight is 186 g/mol. The zero-order valence-corrected chi connectivity index (χ0v) is 7.86. The molecule has 0 aromatic heterocycles. The maximum atomic E-state index is 10.5. The molecule has 1 fully saturated rings. The van der Waals surface area contributed by atoms with Crippen molar-refractivity contribution >= 4 is 5.97 Å². The van der Waals surface area contributed by atoms with E-state index in [1.165, 1.54) is 6.92 Å². The fourth-order valence-electron chi connectivity index (χ4n) is 1.03. The molecule has 1 aliphatic heterocycles. The van der Waals surface area contributed by atoms with Crippen molar-refractivity contribution in [3.8, 4) is 0 Å². The van der Waals surface area contributed by atoms with Crippen molar-refractivity contribution in [3.63, 3.8) is 0 Å². The Morgan fingerprint density at radius 3 is 3.08 bits per heavy atom. The molecule has 2 atom stereocenters. The van der Waals surface area contributed by atoms with Crippen LogP contribution in [0, 0.1) is 0 Å². The summed E-state index contributed by atoms with van der Waals surface area (Å²) in [4.78, 5) is 10.5. The Balaban J connectivity index is 2.21. The minimum absolute atomic E-state index is 0.134. The first-order chi connectivity index (χ1) is 6.22. The number of hydrogen-bond acceptors (Lipinski definition) is 4. The lowest BCUT2D eigenvalue weighted by Crippen LogP contribution is -2.20. The topological polar surface area (TPSA) is 44.8 Å². The Morgan fingerprint density at radius 2 is 2.46 bits per heavy atom. The van der Waals surface area contributed by atoms with Crippen molar-refractivity contribution in [1.82, 2.24) is 0 Å². The Labute approximate surface area is 77.5 Å². The summed E-state index contributed by atoms with van der Waals surface area (Å²) in [6.07, 6.45) is 3.25. The molecule has 0 aliphatic carbocycles. The van der Waals surface area contributed by atoms with Gasteiger partial charge in [0.25, 0.3) is 0 Å². The molecule has 0 radical (unpaired) electrons. The zero-order valence-electron chi connectivity index (χ0n) is 7.86. The minimum atomic E-state index is -0.293. The van der Waals surface area contributed by atoms with Gasteiger partial charge in [0, 0.05) is 6.92 Å². The van der Waals surface area contributed by atoms with Crippen LogP contribution in [0.2, 0.25) is 0 Å². The van der Waals surface area contributed by atoms with Crippen LogP contribution in [0.15, 0.2) is 12.2 Å². The second-order valence-corrected chi connectivity index (χ2v) is 2.79. The molecule has 0 amide bonds. The Bertz CT molecular complexity index is 200. The summed E-state index contributed by atoms with van der Waals surface area (Å²) in [5.41, 5.74) is 0. The van der Waals surface area contributed by atoms with Gasteiger partial charge >= 0.3 is 5.97 Å². The Morgan fingerprint density at radius 1 is 1.69 bits per heavy atom. The summed E-state index contributed by atoms with van der Waals surface area (Å²) in [5, 5.41) is 0. The first-order valence-corrected chi connectivity index (χ1v) is 4.25. The second kappa shape index (κ2) is 4.99. The van der Waals surface area contributed by atoms with E-state index in [9.17, 15) is 4.79 Å². The Hall–Kier alpha value is -0.870. The van der Waals surface area contributed by atoms with E-state index in [0.717, 1.165) is 0 Å². The molecule has 1 heterocycles. The van der Waals surface area contributed by atoms with Gasteiger partial charge in [0.2, 0.25) is 0 Å². The number of rotatable bonds is 3. The molecule has 74 valence electrons. The van der Waals surface area contributed by atoms with Crippen LogP contribution in [0.3, 0.4) is 0 Å². The number of ether oxygens (including phenoxy) is 3. The summed E-state index contributed by atoms with van der Waals surface area (Å²) in [6, 6.07) is 0. The Kier molecular flexibility index (Phi) is 3.92. The molecule has 1 rings (SSSR count). The summed E-state index contributed by atoms with van der Waals surface area (Å²) in [7, 11) is 0. The maximum Gasteiger partial charge on any atom is 0.302 e. The lowest BCUT2D eigenvalue weighted by atomic mass is 10.4. The number of allylic oxidation sites excluding steroid dienone is 1. The van der Waals surface area contributed by atoms with Crippen LogP contribution >= 0.6 is 0 Å². The van der Waals surface area contributed by atoms with Gasteiger partial charge in [-0.05, 0) is 13.0 Å². The van der Waals surface area contributed by atoms with E-state index in [0.29, 0.717) is 6.61 Å². The first kappa shape index (κ1) is 10.2. The van der Waals surface area contributed by atoms with E-state index in [1.54, 1.807) is 0 Å². The van der Waals surface area contributed by atoms with Gasteiger partial charge in [-0.3, -0.25) is 4.79 Å². The molecule has 0 N–H and O–H groups in total. The third-order valence-electron chi connectivity index (χ3n) is 1.60. The summed E-state index contributed by atoms with van der Waals surface area (Å²) < 4.78 is 15.4. The predicted molar refractivity (Wildman–Crippen MR) is 46.1 cm³/mol. The number of carbonyl (C=O) groups excluding carboxylic acids is 1. The summed E-state index contributed by atoms with van der Waals surface area (Å²) in [5.74, 6) is -0.293. The van der Waals surface area contributed by atoms with Crippen molar-refractivity contribution < 1.29 is 19.0 Å². The fraction of sp³-hybridized carbons (Fsp3) is 0.667. The molecule has 0 aromatic carbocycles. The molecule has 4 nitrogen and oxygen atoms in total. The fourth-order valence-corrected chi connectivity index (χ4v) is 1.03. The number of hydrogen-bond donors (Lipinski definition) is 0. The van der Waals surface area contributed by atoms with E-state index in [-0.39, 0.29) is 25.0 Å². The lowest BCUT2D eigenvalue weighted by molar-refractivity contribution is -0.144. The molecule has 0 bridgehead atoms. The summed E-state index contributed by atoms with van der Waals surface area (Å²) >= 11 is 0. The number of esters is 1. The third kappa shape index (κ3) is 3.57. The SMILES string of the molecule is C/C=C\[C@H]1OC[C@H](COC(C)=O)O1. The van der Waals surface area contributed by atoms with Gasteiger partial charge in [0.1, 0.15) is 12.7 Å². The minimum Gasteiger partial charge on any atom is -0.463 e. The summed E-state index contributed by atoms with van der Waals surface area (Å²) in [6.45, 7) is 4.01. The molecule has 0 aromatic rings. The van der Waals surface area contributed by atoms with E-state index in [4.69, 9.17) is 14.2 Å². The first-order valence-electron chi connectivity index (χ1n) is 4.25. The van der Waals surface area contributed by atoms with E-state index in [1.807, 2.05) is 19.1 Å². The third-order valence-corrected chi connectivity index (χ3v) is 1.60. The van der Waals surface area contributed by atoms with Crippen molar-refractivity contribution in [3.05, 3.63) is 12.2 Å². The zero-order chi connectivity index (χ0) is 9.68. The molecule has 1 aliphatic rings. The van der Waals surface area contributed by atoms with Crippen LogP contribution in [0.5, 0.6) is 0 Å². The van der Waals surface area contributed by atoms with Crippen LogP contribution in [0.25, 0.3) is 0 Å². The van der Waals surface area contributed by atoms with Crippen LogP contribution < -0.4 is 0 Å². The molecule has 4 heteroatoms. The van der Waals surface area contributed by atoms with E-state index in [2.05, 4.69) is 0 Å². The molecule has 0 saturated carbocycles. The van der Waals surface area contributed by atoms with E-state index >= 15 is 0 Å². The van der Waals surface area contributed by atoms with Gasteiger partial charge < -0.3 is 14.2 Å². The highest BCUT2D eigenvalue weighted by Crippen LogP contribution is 2.12. The monoisotopic (exact) mass is 186 g/mol. The van der Waals surface area contributed by atoms with Gasteiger partial charge in [0.15, 0.2) is 6.29 Å². The number of carbonyl (C=O) groups is 1. The smallest absolute Gasteiger partial charge is 0.302 e. The highest BCUT2D eigenvalue weighted by atomic mass is 16.7. The molecule has 13 heavy (non-hydrogen) atoms. The molecule has 1 saturated heterocycles. The molecule has 0 unspecified atom stereocenters. The molecular weight excluding hydrogens is 172 g/mol. The van der Waals surface area contributed by atoms with Crippen LogP contribution in [0.1, 0.15) is 13.8 Å². The molecular formula is C9H14O4. The van der Waals surface area contributed by atoms with Gasteiger partial charge in [0.05, 0.1) is 6.61 Å². The largest absolute Gasteiger partial charge is 0.463 e. The quantitative estimate of drug-likeness (QED) is 0.484. The van der Waals surface area contributed by atoms with Gasteiger partial charge in [-0.15, -0.1) is 0 Å². The predicted octanol–water partition coefficient (Wildman–Crippen LogP) is 0.867. The van der Waals surface area contributed by atoms with Gasteiger partial charge in [-0.1, -0.05) is 6.08 Å². The second-order valence-electron chi connectivity index (χ2n) is 2.79. The van der Waals surface area contributed by atoms with E-state index < -0.39 is 0 Å². The van der Waals surface area contributed by atoms with Crippen LogP contribution in [-0.2, 0) is 19.0 Å².